The summed E-state index contributed by atoms with van der Waals surface area (Å²) in [5.41, 5.74) is 2.74. The predicted molar refractivity (Wildman–Crippen MR) is 228 cm³/mol. The van der Waals surface area contributed by atoms with Crippen molar-refractivity contribution in [2.75, 3.05) is 72.1 Å². The molecule has 5 aliphatic heterocycles. The minimum Gasteiger partial charge on any atom is -0.496 e. The number of carbonyl (C=O) groups is 2. The molecule has 59 heavy (non-hydrogen) atoms. The number of ether oxygens (including phenoxy) is 4. The molecule has 6 aliphatic rings. The smallest absolute Gasteiger partial charge is 0.322 e. The fraction of sp³-hybridized carbons (Fsp3) is 0.542. The lowest BCUT2D eigenvalue weighted by molar-refractivity contribution is -0.232. The van der Waals surface area contributed by atoms with Gasteiger partial charge in [0.25, 0.3) is 0 Å². The highest BCUT2D eigenvalue weighted by Gasteiger charge is 2.78. The summed E-state index contributed by atoms with van der Waals surface area (Å²) >= 11 is 0. The Hall–Kier alpha value is -4.42. The van der Waals surface area contributed by atoms with Gasteiger partial charge in [0.05, 0.1) is 33.5 Å². The first-order valence-electron chi connectivity index (χ1n) is 21.5. The van der Waals surface area contributed by atoms with Crippen LogP contribution in [0.15, 0.2) is 72.9 Å². The number of likely N-dealkylation sites (N-methyl/N-ethyl adjacent to an activating group) is 1. The first-order chi connectivity index (χ1) is 28.5. The monoisotopic (exact) mass is 804 g/mol. The first kappa shape index (κ1) is 40.0. The highest BCUT2D eigenvalue weighted by molar-refractivity contribution is 5.94. The number of aromatic nitrogens is 1. The molecule has 2 aromatic carbocycles. The highest BCUT2D eigenvalue weighted by Crippen LogP contribution is 2.68. The van der Waals surface area contributed by atoms with Crippen molar-refractivity contribution in [1.82, 2.24) is 14.8 Å². The maximum Gasteiger partial charge on any atom is 0.322 e. The molecular weight excluding hydrogens is 745 g/mol. The van der Waals surface area contributed by atoms with Gasteiger partial charge in [0.2, 0.25) is 0 Å². The average Bonchev–Trinajstić information content (AvgIpc) is 3.90. The van der Waals surface area contributed by atoms with Gasteiger partial charge < -0.3 is 33.9 Å². The van der Waals surface area contributed by atoms with Crippen molar-refractivity contribution in [3.05, 3.63) is 95.2 Å². The lowest BCUT2D eigenvalue weighted by Crippen LogP contribution is -2.80. The van der Waals surface area contributed by atoms with Crippen LogP contribution in [0.2, 0.25) is 0 Å². The summed E-state index contributed by atoms with van der Waals surface area (Å²) in [5, 5.41) is 14.7. The molecule has 2 fully saturated rings. The third kappa shape index (κ3) is 5.53. The molecule has 314 valence electrons. The van der Waals surface area contributed by atoms with Crippen LogP contribution in [-0.4, -0.2) is 123 Å². The second kappa shape index (κ2) is 14.6. The Morgan fingerprint density at radius 3 is 2.64 bits per heavy atom. The van der Waals surface area contributed by atoms with E-state index in [0.29, 0.717) is 18.6 Å². The van der Waals surface area contributed by atoms with E-state index in [1.807, 2.05) is 13.1 Å². The summed E-state index contributed by atoms with van der Waals surface area (Å²) in [4.78, 5) is 39.5. The average molecular weight is 805 g/mol. The molecule has 1 saturated carbocycles. The van der Waals surface area contributed by atoms with Crippen LogP contribution >= 0.6 is 0 Å². The molecule has 1 saturated heterocycles. The number of methoxy groups -OCH3 is 2. The number of hydrogen-bond acceptors (Lipinski definition) is 10. The van der Waals surface area contributed by atoms with E-state index in [0.717, 1.165) is 91.0 Å². The van der Waals surface area contributed by atoms with E-state index in [-0.39, 0.29) is 31.1 Å². The largest absolute Gasteiger partial charge is 0.496 e. The third-order valence-corrected chi connectivity index (χ3v) is 15.2. The minimum atomic E-state index is -1.64. The molecule has 3 aromatic rings. The highest BCUT2D eigenvalue weighted by atomic mass is 16.6. The Balaban J connectivity index is 1.35. The number of para-hydroxylation sites is 1. The van der Waals surface area contributed by atoms with Crippen molar-refractivity contribution in [2.24, 2.45) is 11.3 Å². The fourth-order valence-corrected chi connectivity index (χ4v) is 13.3. The normalized spacial score (nSPS) is 34.4. The molecule has 1 aromatic heterocycles. The summed E-state index contributed by atoms with van der Waals surface area (Å²) in [6.45, 7) is 14.0. The molecule has 11 nitrogen and oxygen atoms in total. The van der Waals surface area contributed by atoms with Gasteiger partial charge in [0, 0.05) is 90.9 Å². The molecule has 3 unspecified atom stereocenters. The summed E-state index contributed by atoms with van der Waals surface area (Å²) in [6.07, 6.45) is 11.1. The number of esters is 2. The SMILES string of the molecule is C=CCOCC1(O)[C@H](OC(C)=O)[C@]2(CC)C=CCN3CC[C@@]4(c5cc([C@@]6(C(=O)OC)C[C@@H]7C=C(CC)CN(CCc8c6[nH]c6ccccc86)C7)c(OC)cc5N(C)[C@@H]14)C32. The van der Waals surface area contributed by atoms with E-state index in [4.69, 9.17) is 18.9 Å². The number of benzene rings is 2. The van der Waals surface area contributed by atoms with E-state index >= 15 is 4.79 Å². The predicted octanol–water partition coefficient (Wildman–Crippen LogP) is 5.83. The van der Waals surface area contributed by atoms with Crippen LogP contribution in [0.3, 0.4) is 0 Å². The Bertz CT molecular complexity index is 2250. The van der Waals surface area contributed by atoms with Gasteiger partial charge in [-0.15, -0.1) is 6.58 Å². The second-order valence-electron chi connectivity index (χ2n) is 18.0. The van der Waals surface area contributed by atoms with E-state index in [9.17, 15) is 9.90 Å². The number of aromatic amines is 1. The molecule has 0 amide bonds. The lowest BCUT2D eigenvalue weighted by atomic mass is 9.47. The van der Waals surface area contributed by atoms with Gasteiger partial charge in [-0.05, 0) is 67.8 Å². The maximum atomic E-state index is 15.3. The summed E-state index contributed by atoms with van der Waals surface area (Å²) in [7, 11) is 5.21. The zero-order valence-corrected chi connectivity index (χ0v) is 35.5. The zero-order valence-electron chi connectivity index (χ0n) is 35.5. The Kier molecular flexibility index (Phi) is 9.93. The van der Waals surface area contributed by atoms with E-state index in [1.54, 1.807) is 13.2 Å². The zero-order chi connectivity index (χ0) is 41.5. The Morgan fingerprint density at radius 2 is 1.92 bits per heavy atom. The van der Waals surface area contributed by atoms with Crippen LogP contribution in [0.4, 0.5) is 5.69 Å². The Morgan fingerprint density at radius 1 is 1.10 bits per heavy atom. The molecule has 0 radical (unpaired) electrons. The number of rotatable bonds is 10. The number of nitrogens with one attached hydrogen (secondary N) is 1. The number of aliphatic hydroxyl groups is 1. The van der Waals surface area contributed by atoms with Gasteiger partial charge in [0.15, 0.2) is 0 Å². The second-order valence-corrected chi connectivity index (χ2v) is 18.0. The molecular formula is C48H60N4O7. The molecule has 1 aliphatic carbocycles. The van der Waals surface area contributed by atoms with Crippen LogP contribution in [0.25, 0.3) is 10.9 Å². The van der Waals surface area contributed by atoms with Crippen LogP contribution in [0, 0.1) is 11.3 Å². The van der Waals surface area contributed by atoms with Gasteiger partial charge in [-0.1, -0.05) is 61.9 Å². The molecule has 1 spiro atoms. The number of hydrogen-bond donors (Lipinski definition) is 2. The summed E-state index contributed by atoms with van der Waals surface area (Å²) in [5.74, 6) is -0.139. The molecule has 9 atom stereocenters. The number of fused-ring (bicyclic) bond motifs is 6. The quantitative estimate of drug-likeness (QED) is 0.148. The standard InChI is InChI=1S/C48H60N4O7/c1-8-22-58-29-48(55)42-46(18-21-52-19-13-17-45(10-3,41(46)52)43(48)59-30(4)53)35-24-36(39(56-6)25-38(35)50(42)5)47(44(54)57-7)26-32-23-31(9-2)27-51(28-32)20-16-34-33-14-11-12-15-37(33)49-40(34)47/h8,11-15,17,23-25,32,41-43,49,55H,1,9-10,16,18-22,26-29H2,2-7H3/t32-,41?,42+,43+,45+,46+,47-,48?/m0/s1. The van der Waals surface area contributed by atoms with E-state index in [2.05, 4.69) is 88.7 Å². The molecule has 2 bridgehead atoms. The van der Waals surface area contributed by atoms with Gasteiger partial charge >= 0.3 is 11.9 Å². The van der Waals surface area contributed by atoms with Crippen LogP contribution in [0.5, 0.6) is 5.75 Å². The van der Waals surface area contributed by atoms with Gasteiger partial charge in [-0.25, -0.2) is 0 Å². The molecule has 2 N–H and O–H groups in total. The van der Waals surface area contributed by atoms with E-state index < -0.39 is 40.0 Å². The third-order valence-electron chi connectivity index (χ3n) is 15.2. The van der Waals surface area contributed by atoms with Crippen molar-refractivity contribution < 1.29 is 33.6 Å². The van der Waals surface area contributed by atoms with Crippen molar-refractivity contribution in [2.45, 2.75) is 87.5 Å². The van der Waals surface area contributed by atoms with Crippen LogP contribution in [0.1, 0.15) is 68.8 Å². The van der Waals surface area contributed by atoms with Crippen molar-refractivity contribution in [3.8, 4) is 5.75 Å². The van der Waals surface area contributed by atoms with Crippen LogP contribution in [-0.2, 0) is 41.1 Å². The molecule has 6 heterocycles. The topological polar surface area (TPSA) is 117 Å². The van der Waals surface area contributed by atoms with E-state index in [1.165, 1.54) is 19.6 Å². The van der Waals surface area contributed by atoms with Gasteiger partial charge in [-0.2, -0.15) is 0 Å². The number of carbonyl (C=O) groups excluding carboxylic acids is 2. The van der Waals surface area contributed by atoms with Crippen molar-refractivity contribution in [1.29, 1.82) is 0 Å². The fourth-order valence-electron chi connectivity index (χ4n) is 13.3. The number of nitrogens with zero attached hydrogens (tertiary/aromatic N) is 3. The summed E-state index contributed by atoms with van der Waals surface area (Å²) in [6, 6.07) is 12.0. The maximum absolute atomic E-state index is 15.3. The molecule has 9 rings (SSSR count). The summed E-state index contributed by atoms with van der Waals surface area (Å²) < 4.78 is 25.0. The Labute approximate surface area is 348 Å². The number of H-pyrrole nitrogens is 1. The number of anilines is 1. The van der Waals surface area contributed by atoms with Gasteiger partial charge in [0.1, 0.15) is 22.9 Å². The van der Waals surface area contributed by atoms with Gasteiger partial charge in [-0.3, -0.25) is 19.4 Å². The first-order valence-corrected chi connectivity index (χ1v) is 21.5. The van der Waals surface area contributed by atoms with Crippen molar-refractivity contribution in [3.63, 3.8) is 0 Å². The minimum absolute atomic E-state index is 0.0613. The van der Waals surface area contributed by atoms with Crippen LogP contribution < -0.4 is 9.64 Å². The van der Waals surface area contributed by atoms with Crippen molar-refractivity contribution >= 4 is 28.5 Å². The molecule has 11 heteroatoms. The lowest BCUT2D eigenvalue weighted by Gasteiger charge is -2.64.